The van der Waals surface area contributed by atoms with Crippen molar-refractivity contribution < 1.29 is 13.9 Å². The molecule has 0 saturated heterocycles. The van der Waals surface area contributed by atoms with Crippen LogP contribution in [0.5, 0.6) is 5.75 Å². The van der Waals surface area contributed by atoms with Gasteiger partial charge < -0.3 is 20.4 Å². The van der Waals surface area contributed by atoms with Crippen molar-refractivity contribution in [2.75, 3.05) is 6.54 Å². The van der Waals surface area contributed by atoms with Gasteiger partial charge in [0.1, 0.15) is 6.26 Å². The molecule has 1 aromatic heterocycles. The number of benzene rings is 2. The summed E-state index contributed by atoms with van der Waals surface area (Å²) in [7, 11) is 0. The van der Waals surface area contributed by atoms with Crippen LogP contribution in [0.3, 0.4) is 0 Å². The fraction of sp³-hybridized carbons (Fsp3) is 0.308. The number of nitrogens with one attached hydrogen (secondary N) is 1. The summed E-state index contributed by atoms with van der Waals surface area (Å²) in [5, 5.41) is 10.3. The highest BCUT2D eigenvalue weighted by Crippen LogP contribution is 2.34. The lowest BCUT2D eigenvalue weighted by Crippen LogP contribution is -2.36. The molecule has 6 nitrogen and oxygen atoms in total. The van der Waals surface area contributed by atoms with Gasteiger partial charge in [-0.05, 0) is 62.1 Å². The molecule has 4 rings (SSSR count). The van der Waals surface area contributed by atoms with Crippen LogP contribution in [-0.4, -0.2) is 28.4 Å². The number of aromatic amines is 1. The minimum Gasteiger partial charge on any atom is -0.460 e. The van der Waals surface area contributed by atoms with Crippen LogP contribution in [0.2, 0.25) is 0 Å². The van der Waals surface area contributed by atoms with E-state index in [1.807, 2.05) is 24.4 Å². The van der Waals surface area contributed by atoms with Crippen LogP contribution in [0, 0.1) is 17.1 Å². The first-order chi connectivity index (χ1) is 15.9. The molecule has 33 heavy (non-hydrogen) atoms. The molecule has 0 fully saturated rings. The Bertz CT molecular complexity index is 1270. The Hall–Kier alpha value is -3.79. The molecular formula is C26H27FN4O2. The zero-order valence-corrected chi connectivity index (χ0v) is 18.8. The summed E-state index contributed by atoms with van der Waals surface area (Å²) >= 11 is 0. The second kappa shape index (κ2) is 9.37. The Kier molecular flexibility index (Phi) is 6.36. The molecule has 3 aromatic rings. The Labute approximate surface area is 192 Å². The van der Waals surface area contributed by atoms with Crippen LogP contribution in [0.4, 0.5) is 4.39 Å². The van der Waals surface area contributed by atoms with Crippen molar-refractivity contribution in [3.8, 4) is 11.8 Å². The number of H-pyrrole nitrogens is 1. The smallest absolute Gasteiger partial charge is 0.249 e. The van der Waals surface area contributed by atoms with E-state index in [9.17, 15) is 14.4 Å². The van der Waals surface area contributed by atoms with Crippen LogP contribution >= 0.6 is 0 Å². The monoisotopic (exact) mass is 446 g/mol. The van der Waals surface area contributed by atoms with E-state index in [0.717, 1.165) is 42.4 Å². The van der Waals surface area contributed by atoms with Gasteiger partial charge in [0.05, 0.1) is 17.3 Å². The Morgan fingerprint density at radius 3 is 2.91 bits per heavy atom. The fourth-order valence-electron chi connectivity index (χ4n) is 4.51. The molecule has 7 heteroatoms. The fourth-order valence-corrected chi connectivity index (χ4v) is 4.51. The van der Waals surface area contributed by atoms with Gasteiger partial charge in [-0.3, -0.25) is 4.79 Å². The Balaban J connectivity index is 1.54. The molecule has 0 radical (unpaired) electrons. The van der Waals surface area contributed by atoms with Crippen LogP contribution in [0.15, 0.2) is 48.5 Å². The van der Waals surface area contributed by atoms with Crippen molar-refractivity contribution in [2.24, 2.45) is 5.73 Å². The predicted molar refractivity (Wildman–Crippen MR) is 125 cm³/mol. The number of nitrogens with zero attached hydrogens (tertiary/aromatic N) is 2. The lowest BCUT2D eigenvalue weighted by atomic mass is 9.97. The van der Waals surface area contributed by atoms with Crippen molar-refractivity contribution in [3.05, 3.63) is 76.6 Å². The third-order valence-electron chi connectivity index (χ3n) is 6.24. The van der Waals surface area contributed by atoms with E-state index in [0.29, 0.717) is 17.5 Å². The number of hydrogen-bond donors (Lipinski definition) is 2. The number of primary amides is 1. The molecule has 1 aliphatic rings. The number of carbonyl (C=O) groups excluding carboxylic acids is 1. The largest absolute Gasteiger partial charge is 0.460 e. The predicted octanol–water partition coefficient (Wildman–Crippen LogP) is 4.79. The van der Waals surface area contributed by atoms with Crippen molar-refractivity contribution in [3.63, 3.8) is 0 Å². The molecule has 1 aliphatic heterocycles. The maximum absolute atomic E-state index is 14.3. The van der Waals surface area contributed by atoms with Crippen molar-refractivity contribution in [2.45, 2.75) is 45.6 Å². The summed E-state index contributed by atoms with van der Waals surface area (Å²) in [6, 6.07) is 10.7. The minimum atomic E-state index is -0.595. The number of carbonyl (C=O) groups is 1. The number of amides is 1. The van der Waals surface area contributed by atoms with Gasteiger partial charge in [0.25, 0.3) is 0 Å². The van der Waals surface area contributed by atoms with Gasteiger partial charge in [-0.15, -0.1) is 0 Å². The second-order valence-electron chi connectivity index (χ2n) is 8.44. The second-order valence-corrected chi connectivity index (χ2v) is 8.44. The molecule has 1 atom stereocenters. The molecule has 0 unspecified atom stereocenters. The van der Waals surface area contributed by atoms with Gasteiger partial charge >= 0.3 is 0 Å². The van der Waals surface area contributed by atoms with Crippen LogP contribution < -0.4 is 10.5 Å². The number of allylic oxidation sites excluding steroid dienone is 1. The summed E-state index contributed by atoms with van der Waals surface area (Å²) in [4.78, 5) is 17.4. The van der Waals surface area contributed by atoms with Gasteiger partial charge in [0, 0.05) is 47.2 Å². The number of nitrogens with two attached hydrogens (primary N) is 1. The van der Waals surface area contributed by atoms with E-state index in [2.05, 4.69) is 29.8 Å². The molecule has 0 saturated carbocycles. The first-order valence-electron chi connectivity index (χ1n) is 11.2. The molecule has 0 bridgehead atoms. The topological polar surface area (TPSA) is 95.1 Å². The number of aryl methyl sites for hydroxylation is 1. The molecule has 1 amide bonds. The standard InChI is InChI=1S/C26H27FN4O2/c1-3-10-31(19-12-22-20(26(29)32)7-8-23(27)25(22)33-15-19)16(2)4-6-18-14-30-24-9-5-17(13-28)11-21(18)24/h5,7-9,11,14-16,30H,3-4,6,10,12H2,1-2H3,(H2,29,32)/t16-/m1/s1. The van der Waals surface area contributed by atoms with Gasteiger partial charge in [-0.25, -0.2) is 4.39 Å². The number of aromatic nitrogens is 1. The summed E-state index contributed by atoms with van der Waals surface area (Å²) in [6.45, 7) is 5.07. The van der Waals surface area contributed by atoms with E-state index >= 15 is 0 Å². The Morgan fingerprint density at radius 2 is 2.18 bits per heavy atom. The van der Waals surface area contributed by atoms with E-state index < -0.39 is 11.7 Å². The first kappa shape index (κ1) is 22.4. The number of hydrogen-bond acceptors (Lipinski definition) is 4. The minimum absolute atomic E-state index is 0.0752. The van der Waals surface area contributed by atoms with Crippen LogP contribution in [0.25, 0.3) is 10.9 Å². The molecular weight excluding hydrogens is 419 g/mol. The quantitative estimate of drug-likeness (QED) is 0.520. The summed E-state index contributed by atoms with van der Waals surface area (Å²) < 4.78 is 19.9. The third kappa shape index (κ3) is 4.42. The third-order valence-corrected chi connectivity index (χ3v) is 6.24. The van der Waals surface area contributed by atoms with Crippen molar-refractivity contribution in [1.29, 1.82) is 5.26 Å². The summed E-state index contributed by atoms with van der Waals surface area (Å²) in [6.07, 6.45) is 6.62. The van der Waals surface area contributed by atoms with Crippen molar-refractivity contribution in [1.82, 2.24) is 9.88 Å². The number of rotatable bonds is 8. The number of halogens is 1. The van der Waals surface area contributed by atoms with E-state index in [4.69, 9.17) is 10.5 Å². The maximum atomic E-state index is 14.3. The lowest BCUT2D eigenvalue weighted by molar-refractivity contribution is 0.0998. The number of fused-ring (bicyclic) bond motifs is 2. The van der Waals surface area contributed by atoms with Crippen molar-refractivity contribution >= 4 is 16.8 Å². The number of ether oxygens (including phenoxy) is 1. The number of nitriles is 1. The zero-order chi connectivity index (χ0) is 23.5. The molecule has 170 valence electrons. The summed E-state index contributed by atoms with van der Waals surface area (Å²) in [5.74, 6) is -1.02. The zero-order valence-electron chi connectivity index (χ0n) is 18.8. The van der Waals surface area contributed by atoms with E-state index in [1.54, 1.807) is 6.26 Å². The van der Waals surface area contributed by atoms with Crippen LogP contribution in [-0.2, 0) is 12.8 Å². The highest BCUT2D eigenvalue weighted by molar-refractivity contribution is 5.95. The molecule has 3 N–H and O–H groups in total. The molecule has 0 aliphatic carbocycles. The van der Waals surface area contributed by atoms with Gasteiger partial charge in [0.2, 0.25) is 5.91 Å². The average molecular weight is 447 g/mol. The van der Waals surface area contributed by atoms with Gasteiger partial charge in [0.15, 0.2) is 11.6 Å². The SMILES string of the molecule is CCCN(C1=COc2c(F)ccc(C(N)=O)c2C1)[C@H](C)CCc1c[nH]c2ccc(C#N)cc12. The first-order valence-corrected chi connectivity index (χ1v) is 11.2. The molecule has 2 aromatic carbocycles. The highest BCUT2D eigenvalue weighted by atomic mass is 19.1. The molecule has 2 heterocycles. The maximum Gasteiger partial charge on any atom is 0.249 e. The normalized spacial score (nSPS) is 13.6. The van der Waals surface area contributed by atoms with Crippen LogP contribution in [0.1, 0.15) is 53.7 Å². The lowest BCUT2D eigenvalue weighted by Gasteiger charge is -2.35. The average Bonchev–Trinajstić information content (AvgIpc) is 3.22. The Morgan fingerprint density at radius 1 is 1.36 bits per heavy atom. The van der Waals surface area contributed by atoms with E-state index in [1.165, 1.54) is 17.7 Å². The van der Waals surface area contributed by atoms with Gasteiger partial charge in [-0.1, -0.05) is 6.92 Å². The van der Waals surface area contributed by atoms with E-state index in [-0.39, 0.29) is 17.4 Å². The molecule has 0 spiro atoms. The summed E-state index contributed by atoms with van der Waals surface area (Å²) in [5.41, 5.74) is 10.0. The highest BCUT2D eigenvalue weighted by Gasteiger charge is 2.26. The van der Waals surface area contributed by atoms with Gasteiger partial charge in [-0.2, -0.15) is 5.26 Å².